The lowest BCUT2D eigenvalue weighted by Crippen LogP contribution is -2.16. The fourth-order valence-corrected chi connectivity index (χ4v) is 1.06. The fraction of sp³-hybridized carbons (Fsp3) is 0.125. The molecule has 0 amide bonds. The first kappa shape index (κ1) is 8.86. The predicted octanol–water partition coefficient (Wildman–Crippen LogP) is 2.42. The second-order valence-electron chi connectivity index (χ2n) is 2.53. The lowest BCUT2D eigenvalue weighted by molar-refractivity contribution is -0.202. The predicted molar refractivity (Wildman–Crippen MR) is 40.1 cm³/mol. The van der Waals surface area contributed by atoms with Crippen LogP contribution in [0.25, 0.3) is 11.4 Å². The van der Waals surface area contributed by atoms with E-state index < -0.39 is 6.30 Å². The molecule has 0 saturated carbocycles. The molecule has 0 unspecified atom stereocenters. The molecule has 6 heteroatoms. The molecular formula is C8H4F3N2O. The van der Waals surface area contributed by atoms with Gasteiger partial charge in [-0.2, -0.15) is 0 Å². The van der Waals surface area contributed by atoms with Gasteiger partial charge < -0.3 is 4.42 Å². The van der Waals surface area contributed by atoms with Crippen molar-refractivity contribution in [1.82, 2.24) is 9.55 Å². The largest absolute Gasteiger partial charge is 0.490 e. The van der Waals surface area contributed by atoms with Gasteiger partial charge in [-0.3, -0.25) is 0 Å². The van der Waals surface area contributed by atoms with Gasteiger partial charge in [-0.05, 0) is 6.07 Å². The number of rotatable bonds is 1. The van der Waals surface area contributed by atoms with Crippen LogP contribution in [0.4, 0.5) is 13.2 Å². The van der Waals surface area contributed by atoms with Crippen molar-refractivity contribution < 1.29 is 17.6 Å². The Labute approximate surface area is 76.8 Å². The standard InChI is InChI=1S/C8H4F3N2O/c9-8(10,11)13-3-2-12-7(13)6-1-4-14-5-6/h1-4H. The van der Waals surface area contributed by atoms with Crippen LogP contribution in [0.2, 0.25) is 0 Å². The normalized spacial score (nSPS) is 11.9. The third-order valence-electron chi connectivity index (χ3n) is 1.63. The van der Waals surface area contributed by atoms with Crippen LogP contribution < -0.4 is 0 Å². The van der Waals surface area contributed by atoms with E-state index in [0.717, 1.165) is 12.4 Å². The molecule has 2 rings (SSSR count). The summed E-state index contributed by atoms with van der Waals surface area (Å²) in [6.07, 6.45) is 0.976. The number of alkyl halides is 3. The van der Waals surface area contributed by atoms with Crippen molar-refractivity contribution >= 4 is 0 Å². The monoisotopic (exact) mass is 201 g/mol. The van der Waals surface area contributed by atoms with Gasteiger partial charge in [0.2, 0.25) is 0 Å². The number of halogens is 3. The topological polar surface area (TPSA) is 31.0 Å². The summed E-state index contributed by atoms with van der Waals surface area (Å²) in [5.41, 5.74) is 0.173. The molecular weight excluding hydrogens is 197 g/mol. The fourth-order valence-electron chi connectivity index (χ4n) is 1.06. The Morgan fingerprint density at radius 3 is 2.79 bits per heavy atom. The van der Waals surface area contributed by atoms with Crippen LogP contribution in [0.1, 0.15) is 0 Å². The molecule has 14 heavy (non-hydrogen) atoms. The zero-order chi connectivity index (χ0) is 10.2. The number of furan rings is 1. The van der Waals surface area contributed by atoms with Crippen LogP contribution in [0.15, 0.2) is 29.1 Å². The highest BCUT2D eigenvalue weighted by Gasteiger charge is 2.33. The lowest BCUT2D eigenvalue weighted by Gasteiger charge is -2.09. The van der Waals surface area contributed by atoms with Crippen molar-refractivity contribution in [2.24, 2.45) is 0 Å². The molecule has 0 spiro atoms. The molecule has 0 saturated heterocycles. The van der Waals surface area contributed by atoms with E-state index in [1.165, 1.54) is 12.3 Å². The molecule has 0 bridgehead atoms. The summed E-state index contributed by atoms with van der Waals surface area (Å²) in [5, 5.41) is 0. The van der Waals surface area contributed by atoms with Crippen molar-refractivity contribution in [2.75, 3.05) is 0 Å². The Bertz CT molecular complexity index is 416. The molecule has 73 valence electrons. The molecule has 0 aliphatic rings. The smallest absolute Gasteiger partial charge is 0.460 e. The van der Waals surface area contributed by atoms with Crippen LogP contribution >= 0.6 is 0 Å². The number of aromatic nitrogens is 2. The van der Waals surface area contributed by atoms with E-state index in [0.29, 0.717) is 0 Å². The Morgan fingerprint density at radius 2 is 2.21 bits per heavy atom. The van der Waals surface area contributed by atoms with Crippen LogP contribution in [0.3, 0.4) is 0 Å². The summed E-state index contributed by atoms with van der Waals surface area (Å²) in [6.45, 7) is 0. The number of imidazole rings is 1. The van der Waals surface area contributed by atoms with Crippen molar-refractivity contribution in [1.29, 1.82) is 0 Å². The molecule has 0 aliphatic heterocycles. The first-order chi connectivity index (χ1) is 6.59. The zero-order valence-electron chi connectivity index (χ0n) is 6.75. The SMILES string of the molecule is FC(F)(F)n1ccnc1-c1[c]occ1. The summed E-state index contributed by atoms with van der Waals surface area (Å²) in [7, 11) is 0. The minimum atomic E-state index is -4.48. The molecule has 1 radical (unpaired) electrons. The highest BCUT2D eigenvalue weighted by Crippen LogP contribution is 2.28. The molecule has 0 aliphatic carbocycles. The second kappa shape index (κ2) is 2.90. The Hall–Kier alpha value is -1.72. The summed E-state index contributed by atoms with van der Waals surface area (Å²) in [5.74, 6) is -0.230. The Balaban J connectivity index is 2.51. The number of hydrogen-bond donors (Lipinski definition) is 0. The summed E-state index contributed by atoms with van der Waals surface area (Å²) >= 11 is 0. The van der Waals surface area contributed by atoms with Gasteiger partial charge in [-0.1, -0.05) is 0 Å². The Kier molecular flexibility index (Phi) is 1.83. The Morgan fingerprint density at radius 1 is 1.43 bits per heavy atom. The molecule has 3 nitrogen and oxygen atoms in total. The van der Waals surface area contributed by atoms with Crippen molar-refractivity contribution in [3.05, 3.63) is 31.0 Å². The maximum atomic E-state index is 12.4. The molecule has 2 aromatic rings. The minimum Gasteiger partial charge on any atom is -0.460 e. The van der Waals surface area contributed by atoms with Gasteiger partial charge in [-0.25, -0.2) is 9.55 Å². The van der Waals surface area contributed by atoms with Gasteiger partial charge in [0.1, 0.15) is 0 Å². The van der Waals surface area contributed by atoms with E-state index in [9.17, 15) is 13.2 Å². The van der Waals surface area contributed by atoms with Crippen molar-refractivity contribution in [2.45, 2.75) is 6.30 Å². The van der Waals surface area contributed by atoms with E-state index in [-0.39, 0.29) is 16.0 Å². The van der Waals surface area contributed by atoms with Crippen molar-refractivity contribution in [3.8, 4) is 11.4 Å². The molecule has 0 N–H and O–H groups in total. The summed E-state index contributed by atoms with van der Waals surface area (Å²) in [6, 6.07) is 1.37. The third-order valence-corrected chi connectivity index (χ3v) is 1.63. The zero-order valence-corrected chi connectivity index (χ0v) is 6.75. The summed E-state index contributed by atoms with van der Waals surface area (Å²) in [4.78, 5) is 3.58. The quantitative estimate of drug-likeness (QED) is 0.709. The second-order valence-corrected chi connectivity index (χ2v) is 2.53. The molecule has 2 aromatic heterocycles. The molecule has 0 atom stereocenters. The van der Waals surface area contributed by atoms with E-state index in [4.69, 9.17) is 0 Å². The first-order valence-electron chi connectivity index (χ1n) is 3.65. The van der Waals surface area contributed by atoms with E-state index >= 15 is 0 Å². The van der Waals surface area contributed by atoms with Crippen LogP contribution in [0, 0.1) is 6.26 Å². The number of hydrogen-bond acceptors (Lipinski definition) is 2. The van der Waals surface area contributed by atoms with Gasteiger partial charge in [0.25, 0.3) is 0 Å². The van der Waals surface area contributed by atoms with Crippen LogP contribution in [-0.2, 0) is 6.30 Å². The van der Waals surface area contributed by atoms with Gasteiger partial charge in [0, 0.05) is 12.4 Å². The maximum absolute atomic E-state index is 12.4. The van der Waals surface area contributed by atoms with Gasteiger partial charge in [0.15, 0.2) is 12.1 Å². The molecule has 0 fully saturated rings. The highest BCUT2D eigenvalue weighted by atomic mass is 19.4. The van der Waals surface area contributed by atoms with Crippen LogP contribution in [-0.4, -0.2) is 9.55 Å². The van der Waals surface area contributed by atoms with E-state index in [2.05, 4.69) is 15.7 Å². The van der Waals surface area contributed by atoms with Gasteiger partial charge >= 0.3 is 6.30 Å². The average Bonchev–Trinajstić information content (AvgIpc) is 2.73. The molecule has 2 heterocycles. The van der Waals surface area contributed by atoms with Crippen molar-refractivity contribution in [3.63, 3.8) is 0 Å². The number of nitrogens with zero attached hydrogens (tertiary/aromatic N) is 2. The van der Waals surface area contributed by atoms with Crippen LogP contribution in [0.5, 0.6) is 0 Å². The molecule has 0 aromatic carbocycles. The first-order valence-corrected chi connectivity index (χ1v) is 3.65. The van der Waals surface area contributed by atoms with Gasteiger partial charge in [0.05, 0.1) is 11.8 Å². The third kappa shape index (κ3) is 1.39. The van der Waals surface area contributed by atoms with E-state index in [1.807, 2.05) is 0 Å². The summed E-state index contributed by atoms with van der Waals surface area (Å²) < 4.78 is 41.7. The highest BCUT2D eigenvalue weighted by molar-refractivity contribution is 5.52. The minimum absolute atomic E-state index is 0.106. The lowest BCUT2D eigenvalue weighted by atomic mass is 10.3. The maximum Gasteiger partial charge on any atom is 0.490 e. The van der Waals surface area contributed by atoms with E-state index in [1.54, 1.807) is 0 Å². The van der Waals surface area contributed by atoms with Gasteiger partial charge in [-0.15, -0.1) is 13.2 Å². The average molecular weight is 201 g/mol.